The predicted octanol–water partition coefficient (Wildman–Crippen LogP) is 4.34. The first kappa shape index (κ1) is 16.9. The fraction of sp³-hybridized carbons (Fsp3) is 0.0952. The van der Waals surface area contributed by atoms with Gasteiger partial charge in [-0.25, -0.2) is 9.37 Å². The average Bonchev–Trinajstić information content (AvgIpc) is 3.11. The molecule has 2 aromatic carbocycles. The molecular weight excluding hydrogens is 343 g/mol. The molecule has 2 aromatic heterocycles. The molecule has 2 N–H and O–H groups in total. The Morgan fingerprint density at radius 1 is 1.07 bits per heavy atom. The zero-order valence-corrected chi connectivity index (χ0v) is 14.4. The van der Waals surface area contributed by atoms with Gasteiger partial charge >= 0.3 is 0 Å². The second-order valence-electron chi connectivity index (χ2n) is 6.19. The van der Waals surface area contributed by atoms with Crippen molar-refractivity contribution >= 4 is 22.6 Å². The van der Waals surface area contributed by atoms with Crippen molar-refractivity contribution in [2.75, 3.05) is 5.32 Å². The molecule has 134 valence electrons. The summed E-state index contributed by atoms with van der Waals surface area (Å²) in [5.41, 5.74) is 3.82. The summed E-state index contributed by atoms with van der Waals surface area (Å²) >= 11 is 0. The minimum Gasteiger partial charge on any atom is -0.338 e. The first-order chi connectivity index (χ1) is 13.2. The molecule has 2 heterocycles. The Bertz CT molecular complexity index is 1070. The highest BCUT2D eigenvalue weighted by atomic mass is 19.1. The van der Waals surface area contributed by atoms with Crippen LogP contribution in [0.2, 0.25) is 0 Å². The Morgan fingerprint density at radius 2 is 1.93 bits per heavy atom. The molecule has 4 rings (SSSR count). The van der Waals surface area contributed by atoms with Crippen molar-refractivity contribution in [3.63, 3.8) is 0 Å². The van der Waals surface area contributed by atoms with Gasteiger partial charge in [-0.2, -0.15) is 0 Å². The van der Waals surface area contributed by atoms with Crippen LogP contribution >= 0.6 is 0 Å². The van der Waals surface area contributed by atoms with E-state index in [1.54, 1.807) is 12.3 Å². The number of aromatic amines is 1. The monoisotopic (exact) mass is 360 g/mol. The number of imidazole rings is 1. The van der Waals surface area contributed by atoms with Crippen molar-refractivity contribution in [2.24, 2.45) is 0 Å². The number of fused-ring (bicyclic) bond motifs is 1. The van der Waals surface area contributed by atoms with Gasteiger partial charge in [0, 0.05) is 29.6 Å². The first-order valence-electron chi connectivity index (χ1n) is 8.63. The third-order valence-electron chi connectivity index (χ3n) is 4.22. The number of anilines is 1. The molecule has 0 bridgehead atoms. The molecule has 0 radical (unpaired) electrons. The Hall–Kier alpha value is -3.54. The molecule has 5 nitrogen and oxygen atoms in total. The minimum absolute atomic E-state index is 0.0624. The molecule has 0 saturated carbocycles. The van der Waals surface area contributed by atoms with E-state index in [1.807, 2.05) is 42.5 Å². The maximum absolute atomic E-state index is 13.3. The average molecular weight is 360 g/mol. The lowest BCUT2D eigenvalue weighted by Gasteiger charge is -2.06. The summed E-state index contributed by atoms with van der Waals surface area (Å²) in [5, 5.41) is 2.88. The number of aromatic nitrogens is 3. The number of carbonyl (C=O) groups excluding carboxylic acids is 1. The number of rotatable bonds is 5. The van der Waals surface area contributed by atoms with Crippen molar-refractivity contribution in [2.45, 2.75) is 12.8 Å². The lowest BCUT2D eigenvalue weighted by atomic mass is 10.2. The quantitative estimate of drug-likeness (QED) is 0.556. The summed E-state index contributed by atoms with van der Waals surface area (Å²) in [4.78, 5) is 23.9. The number of benzene rings is 2. The van der Waals surface area contributed by atoms with Crippen LogP contribution in [-0.4, -0.2) is 20.9 Å². The van der Waals surface area contributed by atoms with E-state index in [0.29, 0.717) is 35.4 Å². The van der Waals surface area contributed by atoms with Gasteiger partial charge in [-0.3, -0.25) is 9.78 Å². The molecular formula is C21H17FN4O. The molecule has 0 aliphatic rings. The van der Waals surface area contributed by atoms with E-state index in [0.717, 1.165) is 11.3 Å². The molecule has 4 aromatic rings. The fourth-order valence-corrected chi connectivity index (χ4v) is 2.84. The van der Waals surface area contributed by atoms with Crippen molar-refractivity contribution < 1.29 is 9.18 Å². The highest BCUT2D eigenvalue weighted by Gasteiger charge is 2.08. The molecule has 0 atom stereocenters. The van der Waals surface area contributed by atoms with Crippen molar-refractivity contribution in [1.29, 1.82) is 0 Å². The van der Waals surface area contributed by atoms with Crippen LogP contribution in [0.4, 0.5) is 10.1 Å². The molecule has 0 unspecified atom stereocenters. The molecule has 0 saturated heterocycles. The van der Waals surface area contributed by atoms with Crippen molar-refractivity contribution in [3.8, 4) is 11.4 Å². The number of nitrogens with zero attached hydrogens (tertiary/aromatic N) is 2. The van der Waals surface area contributed by atoms with E-state index in [-0.39, 0.29) is 11.7 Å². The summed E-state index contributed by atoms with van der Waals surface area (Å²) in [5.74, 6) is 0.290. The molecule has 6 heteroatoms. The van der Waals surface area contributed by atoms with Gasteiger partial charge in [0.1, 0.15) is 11.6 Å². The largest absolute Gasteiger partial charge is 0.338 e. The van der Waals surface area contributed by atoms with Gasteiger partial charge in [0.05, 0.1) is 11.0 Å². The highest BCUT2D eigenvalue weighted by molar-refractivity contribution is 5.91. The minimum atomic E-state index is -0.304. The van der Waals surface area contributed by atoms with Crippen LogP contribution in [-0.2, 0) is 11.2 Å². The van der Waals surface area contributed by atoms with Gasteiger partial charge in [-0.1, -0.05) is 6.07 Å². The number of pyridine rings is 1. The molecule has 1 amide bonds. The zero-order chi connectivity index (χ0) is 18.6. The number of carbonyl (C=O) groups is 1. The normalized spacial score (nSPS) is 10.9. The van der Waals surface area contributed by atoms with Crippen LogP contribution in [0.25, 0.3) is 22.4 Å². The summed E-state index contributed by atoms with van der Waals surface area (Å²) in [6, 6.07) is 17.5. The Balaban J connectivity index is 1.41. The topological polar surface area (TPSA) is 70.7 Å². The van der Waals surface area contributed by atoms with Gasteiger partial charge in [-0.15, -0.1) is 0 Å². The first-order valence-corrected chi connectivity index (χ1v) is 8.63. The Kier molecular flexibility index (Phi) is 4.61. The predicted molar refractivity (Wildman–Crippen MR) is 103 cm³/mol. The number of H-pyrrole nitrogens is 1. The number of hydrogen-bond acceptors (Lipinski definition) is 3. The maximum atomic E-state index is 13.3. The van der Waals surface area contributed by atoms with Gasteiger partial charge in [0.2, 0.25) is 5.91 Å². The second kappa shape index (κ2) is 7.37. The zero-order valence-electron chi connectivity index (χ0n) is 14.4. The van der Waals surface area contributed by atoms with Crippen LogP contribution in [0.15, 0.2) is 66.9 Å². The number of nitrogens with one attached hydrogen (secondary N) is 2. The van der Waals surface area contributed by atoms with Crippen LogP contribution in [0, 0.1) is 5.82 Å². The SMILES string of the molecule is O=C(CCc1ccccn1)Nc1ccc(-c2nc3ccc(F)cc3[nH]2)cc1. The third kappa shape index (κ3) is 4.00. The third-order valence-corrected chi connectivity index (χ3v) is 4.22. The number of halogens is 1. The molecule has 27 heavy (non-hydrogen) atoms. The summed E-state index contributed by atoms with van der Waals surface area (Å²) in [6.45, 7) is 0. The standard InChI is InChI=1S/C21H17FN4O/c22-15-6-10-18-19(13-15)26-21(25-18)14-4-7-17(8-5-14)24-20(27)11-9-16-3-1-2-12-23-16/h1-8,10,12-13H,9,11H2,(H,24,27)(H,25,26). The van der Waals surface area contributed by atoms with E-state index in [1.165, 1.54) is 12.1 Å². The van der Waals surface area contributed by atoms with E-state index < -0.39 is 0 Å². The molecule has 0 aliphatic carbocycles. The molecule has 0 spiro atoms. The summed E-state index contributed by atoms with van der Waals surface area (Å²) < 4.78 is 13.3. The van der Waals surface area contributed by atoms with Gasteiger partial charge in [0.25, 0.3) is 0 Å². The smallest absolute Gasteiger partial charge is 0.224 e. The summed E-state index contributed by atoms with van der Waals surface area (Å²) in [7, 11) is 0. The van der Waals surface area contributed by atoms with Crippen LogP contribution in [0.3, 0.4) is 0 Å². The highest BCUT2D eigenvalue weighted by Crippen LogP contribution is 2.22. The van der Waals surface area contributed by atoms with E-state index in [9.17, 15) is 9.18 Å². The fourth-order valence-electron chi connectivity index (χ4n) is 2.84. The molecule has 0 aliphatic heterocycles. The lowest BCUT2D eigenvalue weighted by Crippen LogP contribution is -2.12. The van der Waals surface area contributed by atoms with Gasteiger partial charge in [-0.05, 0) is 61.0 Å². The van der Waals surface area contributed by atoms with Crippen molar-refractivity contribution in [1.82, 2.24) is 15.0 Å². The van der Waals surface area contributed by atoms with Crippen LogP contribution < -0.4 is 5.32 Å². The van der Waals surface area contributed by atoms with E-state index >= 15 is 0 Å². The number of aryl methyl sites for hydroxylation is 1. The van der Waals surface area contributed by atoms with Gasteiger partial charge in [0.15, 0.2) is 0 Å². The van der Waals surface area contributed by atoms with E-state index in [4.69, 9.17) is 0 Å². The van der Waals surface area contributed by atoms with Crippen LogP contribution in [0.5, 0.6) is 0 Å². The second-order valence-corrected chi connectivity index (χ2v) is 6.19. The van der Waals surface area contributed by atoms with Crippen LogP contribution in [0.1, 0.15) is 12.1 Å². The van der Waals surface area contributed by atoms with E-state index in [2.05, 4.69) is 20.3 Å². The molecule has 0 fully saturated rings. The Morgan fingerprint density at radius 3 is 2.70 bits per heavy atom. The van der Waals surface area contributed by atoms with Gasteiger partial charge < -0.3 is 10.3 Å². The summed E-state index contributed by atoms with van der Waals surface area (Å²) in [6.07, 6.45) is 2.69. The van der Waals surface area contributed by atoms with Crippen molar-refractivity contribution in [3.05, 3.63) is 78.4 Å². The number of hydrogen-bond donors (Lipinski definition) is 2. The lowest BCUT2D eigenvalue weighted by molar-refractivity contribution is -0.116. The maximum Gasteiger partial charge on any atom is 0.224 e. The Labute approximate surface area is 155 Å². The number of amides is 1.